The maximum absolute atomic E-state index is 12.8. The quantitative estimate of drug-likeness (QED) is 0.515. The molecule has 0 radical (unpaired) electrons. The largest absolute Gasteiger partial charge is 0.490 e. The third kappa shape index (κ3) is 12.2. The second-order valence-electron chi connectivity index (χ2n) is 9.44. The SMILES string of the molecule is CN(C)CCN1CCOCC2(CCCN(C(=O)c3ccn(C)n3)C2)C1.O=C(O)C(F)(F)F.O=C(O)C(F)(F)F. The van der Waals surface area contributed by atoms with Gasteiger partial charge in [-0.3, -0.25) is 14.4 Å². The van der Waals surface area contributed by atoms with Crippen molar-refractivity contribution in [3.05, 3.63) is 18.0 Å². The number of carbonyl (C=O) groups excluding carboxylic acids is 1. The Balaban J connectivity index is 0.000000449. The van der Waals surface area contributed by atoms with Gasteiger partial charge in [0.25, 0.3) is 5.91 Å². The number of halogens is 6. The van der Waals surface area contributed by atoms with Crippen LogP contribution in [-0.4, -0.2) is 131 Å². The predicted molar refractivity (Wildman–Crippen MR) is 124 cm³/mol. The Bertz CT molecular complexity index is 931. The number of ether oxygens (including phenoxy) is 1. The number of hydrogen-bond acceptors (Lipinski definition) is 7. The second kappa shape index (κ2) is 14.5. The number of nitrogens with zero attached hydrogens (tertiary/aromatic N) is 5. The van der Waals surface area contributed by atoms with Crippen LogP contribution < -0.4 is 0 Å². The van der Waals surface area contributed by atoms with Crippen LogP contribution in [0.1, 0.15) is 23.3 Å². The predicted octanol–water partition coefficient (Wildman–Crippen LogP) is 1.80. The van der Waals surface area contributed by atoms with Gasteiger partial charge in [-0.25, -0.2) is 9.59 Å². The van der Waals surface area contributed by atoms with Crippen LogP contribution in [0.4, 0.5) is 26.3 Å². The minimum atomic E-state index is -5.08. The zero-order valence-electron chi connectivity index (χ0n) is 21.8. The summed E-state index contributed by atoms with van der Waals surface area (Å²) >= 11 is 0. The van der Waals surface area contributed by atoms with E-state index in [1.165, 1.54) is 0 Å². The van der Waals surface area contributed by atoms with Crippen molar-refractivity contribution in [2.75, 3.05) is 66.6 Å². The maximum atomic E-state index is 12.8. The zero-order chi connectivity index (χ0) is 30.0. The molecule has 224 valence electrons. The summed E-state index contributed by atoms with van der Waals surface area (Å²) in [5.74, 6) is -5.47. The van der Waals surface area contributed by atoms with Gasteiger partial charge in [0.05, 0.1) is 13.2 Å². The number of piperidine rings is 1. The van der Waals surface area contributed by atoms with Crippen LogP contribution in [0.2, 0.25) is 0 Å². The smallest absolute Gasteiger partial charge is 0.475 e. The van der Waals surface area contributed by atoms with Crippen LogP contribution in [0.5, 0.6) is 0 Å². The molecule has 11 nitrogen and oxygen atoms in total. The zero-order valence-corrected chi connectivity index (χ0v) is 21.8. The minimum Gasteiger partial charge on any atom is -0.475 e. The first-order chi connectivity index (χ1) is 17.9. The van der Waals surface area contributed by atoms with Crippen molar-refractivity contribution < 1.29 is 55.7 Å². The van der Waals surface area contributed by atoms with Gasteiger partial charge in [-0.1, -0.05) is 0 Å². The van der Waals surface area contributed by atoms with E-state index in [-0.39, 0.29) is 11.3 Å². The molecule has 0 aromatic carbocycles. The Morgan fingerprint density at radius 2 is 1.62 bits per heavy atom. The molecular weight excluding hydrogens is 544 g/mol. The lowest BCUT2D eigenvalue weighted by Gasteiger charge is -2.43. The number of carboxylic acid groups (broad SMARTS) is 2. The maximum Gasteiger partial charge on any atom is 0.490 e. The third-order valence-electron chi connectivity index (χ3n) is 5.75. The summed E-state index contributed by atoms with van der Waals surface area (Å²) < 4.78 is 71.1. The number of aromatic nitrogens is 2. The van der Waals surface area contributed by atoms with Crippen LogP contribution in [0, 0.1) is 5.41 Å². The van der Waals surface area contributed by atoms with Gasteiger partial charge < -0.3 is 24.7 Å². The van der Waals surface area contributed by atoms with Gasteiger partial charge in [-0.05, 0) is 33.0 Å². The van der Waals surface area contributed by atoms with Crippen LogP contribution >= 0.6 is 0 Å². The first kappa shape index (κ1) is 34.1. The fourth-order valence-electron chi connectivity index (χ4n) is 3.93. The van der Waals surface area contributed by atoms with Crippen molar-refractivity contribution in [2.45, 2.75) is 25.2 Å². The molecule has 1 atom stereocenters. The summed E-state index contributed by atoms with van der Waals surface area (Å²) in [5.41, 5.74) is 0.587. The Hall–Kier alpha value is -2.92. The molecule has 2 aliphatic heterocycles. The summed E-state index contributed by atoms with van der Waals surface area (Å²) in [7, 11) is 6.06. The van der Waals surface area contributed by atoms with Crippen LogP contribution in [0.3, 0.4) is 0 Å². The molecule has 1 aromatic heterocycles. The Morgan fingerprint density at radius 1 is 1.05 bits per heavy atom. The highest BCUT2D eigenvalue weighted by Gasteiger charge is 2.41. The van der Waals surface area contributed by atoms with Gasteiger partial charge >= 0.3 is 24.3 Å². The standard InChI is InChI=1S/C18H31N5O2.2C2HF3O2/c1-20(2)9-10-22-11-12-25-15-18(13-22)6-4-7-23(14-18)17(24)16-5-8-21(3)19-16;2*3-2(4,5)1(6)7/h5,8H,4,6-7,9-15H2,1-3H3;2*(H,6,7). The molecule has 17 heteroatoms. The van der Waals surface area contributed by atoms with E-state index < -0.39 is 24.3 Å². The Kier molecular flexibility index (Phi) is 12.6. The van der Waals surface area contributed by atoms with Crippen molar-refractivity contribution in [3.8, 4) is 0 Å². The van der Waals surface area contributed by atoms with Gasteiger partial charge in [0.1, 0.15) is 5.69 Å². The van der Waals surface area contributed by atoms with E-state index in [1.807, 2.05) is 18.1 Å². The molecule has 1 amide bonds. The molecule has 1 aromatic rings. The summed E-state index contributed by atoms with van der Waals surface area (Å²) in [6.45, 7) is 7.19. The third-order valence-corrected chi connectivity index (χ3v) is 5.75. The van der Waals surface area contributed by atoms with Gasteiger partial charge in [0.15, 0.2) is 0 Å². The molecule has 3 heterocycles. The molecular formula is C22H33F6N5O6. The Labute approximate surface area is 220 Å². The average Bonchev–Trinajstić information content (AvgIpc) is 3.15. The minimum absolute atomic E-state index is 0.0452. The lowest BCUT2D eigenvalue weighted by Crippen LogP contribution is -2.52. The van der Waals surface area contributed by atoms with Gasteiger partial charge in [0, 0.05) is 57.9 Å². The number of hydrogen-bond donors (Lipinski definition) is 2. The summed E-state index contributed by atoms with van der Waals surface area (Å²) in [6.07, 6.45) is -6.19. The topological polar surface area (TPSA) is 128 Å². The lowest BCUT2D eigenvalue weighted by atomic mass is 9.80. The second-order valence-corrected chi connectivity index (χ2v) is 9.44. The van der Waals surface area contributed by atoms with Gasteiger partial charge in [0.2, 0.25) is 0 Å². The number of rotatable bonds is 4. The van der Waals surface area contributed by atoms with E-state index in [1.54, 1.807) is 10.7 Å². The number of aryl methyl sites for hydroxylation is 1. The average molecular weight is 578 g/mol. The molecule has 39 heavy (non-hydrogen) atoms. The number of likely N-dealkylation sites (tertiary alicyclic amines) is 1. The van der Waals surface area contributed by atoms with Crippen molar-refractivity contribution in [3.63, 3.8) is 0 Å². The fraction of sp³-hybridized carbons (Fsp3) is 0.727. The monoisotopic (exact) mass is 577 g/mol. The molecule has 1 unspecified atom stereocenters. The summed E-state index contributed by atoms with van der Waals surface area (Å²) in [5, 5.41) is 18.5. The van der Waals surface area contributed by atoms with Gasteiger partial charge in [-0.15, -0.1) is 0 Å². The number of likely N-dealkylation sites (N-methyl/N-ethyl adjacent to an activating group) is 1. The number of carboxylic acids is 2. The van der Waals surface area contributed by atoms with Crippen molar-refractivity contribution in [2.24, 2.45) is 12.5 Å². The highest BCUT2D eigenvalue weighted by molar-refractivity contribution is 5.92. The molecule has 0 saturated carbocycles. The van der Waals surface area contributed by atoms with E-state index in [2.05, 4.69) is 29.0 Å². The van der Waals surface area contributed by atoms with Crippen LogP contribution in [0.25, 0.3) is 0 Å². The molecule has 3 rings (SSSR count). The molecule has 2 N–H and O–H groups in total. The highest BCUT2D eigenvalue weighted by Crippen LogP contribution is 2.33. The number of aliphatic carboxylic acids is 2. The molecule has 0 bridgehead atoms. The van der Waals surface area contributed by atoms with E-state index in [0.717, 1.165) is 65.3 Å². The van der Waals surface area contributed by atoms with Gasteiger partial charge in [-0.2, -0.15) is 31.4 Å². The number of carbonyl (C=O) groups is 3. The first-order valence-corrected chi connectivity index (χ1v) is 11.7. The highest BCUT2D eigenvalue weighted by atomic mass is 19.4. The Morgan fingerprint density at radius 3 is 2.08 bits per heavy atom. The lowest BCUT2D eigenvalue weighted by molar-refractivity contribution is -0.193. The van der Waals surface area contributed by atoms with Crippen LogP contribution in [0.15, 0.2) is 12.3 Å². The molecule has 2 aliphatic rings. The van der Waals surface area contributed by atoms with E-state index >= 15 is 0 Å². The fourth-order valence-corrected chi connectivity index (χ4v) is 3.93. The molecule has 1 spiro atoms. The summed E-state index contributed by atoms with van der Waals surface area (Å²) in [4.78, 5) is 37.3. The van der Waals surface area contributed by atoms with E-state index in [4.69, 9.17) is 24.5 Å². The first-order valence-electron chi connectivity index (χ1n) is 11.7. The molecule has 0 aliphatic carbocycles. The normalized spacial score (nSPS) is 20.4. The molecule has 2 fully saturated rings. The summed E-state index contributed by atoms with van der Waals surface area (Å²) in [6, 6.07) is 1.80. The number of alkyl halides is 6. The van der Waals surface area contributed by atoms with Crippen LogP contribution in [-0.2, 0) is 21.4 Å². The molecule has 2 saturated heterocycles. The van der Waals surface area contributed by atoms with E-state index in [9.17, 15) is 31.1 Å². The van der Waals surface area contributed by atoms with Crippen molar-refractivity contribution in [1.29, 1.82) is 0 Å². The number of amides is 1. The van der Waals surface area contributed by atoms with E-state index in [0.29, 0.717) is 5.69 Å². The van der Waals surface area contributed by atoms with Crippen molar-refractivity contribution >= 4 is 17.8 Å². The van der Waals surface area contributed by atoms with Crippen molar-refractivity contribution in [1.82, 2.24) is 24.5 Å².